The van der Waals surface area contributed by atoms with Gasteiger partial charge in [-0.05, 0) is 34.6 Å². The Hall–Kier alpha value is -1.26. The van der Waals surface area contributed by atoms with E-state index in [9.17, 15) is 9.59 Å². The molecule has 0 aromatic carbocycles. The van der Waals surface area contributed by atoms with Gasteiger partial charge < -0.3 is 15.2 Å². The largest absolute Gasteiger partial charge is 0.481 e. The smallest absolute Gasteiger partial charge is 0.407 e. The maximum absolute atomic E-state index is 11.2. The molecular weight excluding hydrogens is 198 g/mol. The van der Waals surface area contributed by atoms with Crippen molar-refractivity contribution in [2.45, 2.75) is 40.2 Å². The van der Waals surface area contributed by atoms with Gasteiger partial charge in [0, 0.05) is 6.54 Å². The molecule has 5 nitrogen and oxygen atoms in total. The maximum Gasteiger partial charge on any atom is 0.407 e. The molecule has 0 spiro atoms. The highest BCUT2D eigenvalue weighted by Gasteiger charge is 2.28. The number of nitrogens with one attached hydrogen (secondary N) is 1. The van der Waals surface area contributed by atoms with Gasteiger partial charge in [0.15, 0.2) is 0 Å². The summed E-state index contributed by atoms with van der Waals surface area (Å²) in [5.74, 6) is -0.960. The van der Waals surface area contributed by atoms with Crippen LogP contribution in [0, 0.1) is 5.41 Å². The minimum absolute atomic E-state index is 0.0389. The van der Waals surface area contributed by atoms with Crippen LogP contribution in [0.2, 0.25) is 0 Å². The molecule has 0 bridgehead atoms. The number of aliphatic carboxylic acids is 1. The van der Waals surface area contributed by atoms with E-state index in [0.29, 0.717) is 0 Å². The van der Waals surface area contributed by atoms with Gasteiger partial charge in [0.25, 0.3) is 0 Å². The Kier molecular flexibility index (Phi) is 4.13. The number of carbonyl (C=O) groups excluding carboxylic acids is 1. The molecule has 15 heavy (non-hydrogen) atoms. The van der Waals surface area contributed by atoms with Crippen LogP contribution in [0.3, 0.4) is 0 Å². The Balaban J connectivity index is 4.07. The van der Waals surface area contributed by atoms with Crippen LogP contribution < -0.4 is 5.32 Å². The fourth-order valence-electron chi connectivity index (χ4n) is 0.683. The van der Waals surface area contributed by atoms with Gasteiger partial charge in [-0.15, -0.1) is 0 Å². The van der Waals surface area contributed by atoms with Crippen molar-refractivity contribution in [3.8, 4) is 0 Å². The summed E-state index contributed by atoms with van der Waals surface area (Å²) < 4.78 is 4.97. The highest BCUT2D eigenvalue weighted by atomic mass is 16.6. The van der Waals surface area contributed by atoms with Gasteiger partial charge in [-0.2, -0.15) is 0 Å². The van der Waals surface area contributed by atoms with Gasteiger partial charge in [0.2, 0.25) is 0 Å². The van der Waals surface area contributed by atoms with E-state index in [0.717, 1.165) is 0 Å². The molecule has 5 heteroatoms. The van der Waals surface area contributed by atoms with E-state index in [-0.39, 0.29) is 6.54 Å². The molecule has 0 saturated heterocycles. The van der Waals surface area contributed by atoms with E-state index in [2.05, 4.69) is 5.32 Å². The van der Waals surface area contributed by atoms with E-state index < -0.39 is 23.1 Å². The standard InChI is InChI=1S/C10H19NO4/c1-9(2,3)15-8(14)11-6-10(4,5)7(12)13/h6H2,1-5H3,(H,11,14)(H,12,13). The maximum atomic E-state index is 11.2. The number of amides is 1. The van der Waals surface area contributed by atoms with Crippen molar-refractivity contribution in [1.82, 2.24) is 5.32 Å². The van der Waals surface area contributed by atoms with E-state index in [1.54, 1.807) is 20.8 Å². The molecule has 0 aromatic rings. The zero-order valence-corrected chi connectivity index (χ0v) is 9.88. The number of hydrogen-bond acceptors (Lipinski definition) is 3. The highest BCUT2D eigenvalue weighted by molar-refractivity contribution is 5.75. The van der Waals surface area contributed by atoms with Crippen LogP contribution in [0.4, 0.5) is 4.79 Å². The molecule has 0 aromatic heterocycles. The van der Waals surface area contributed by atoms with Crippen molar-refractivity contribution in [2.75, 3.05) is 6.54 Å². The number of ether oxygens (including phenoxy) is 1. The molecule has 0 aliphatic carbocycles. The third-order valence-corrected chi connectivity index (χ3v) is 1.65. The Morgan fingerprint density at radius 3 is 2.00 bits per heavy atom. The first kappa shape index (κ1) is 13.7. The molecule has 0 aliphatic heterocycles. The average Bonchev–Trinajstić information content (AvgIpc) is 1.97. The summed E-state index contributed by atoms with van der Waals surface area (Å²) in [5.41, 5.74) is -1.56. The van der Waals surface area contributed by atoms with Crippen LogP contribution in [0.25, 0.3) is 0 Å². The molecule has 0 fully saturated rings. The number of alkyl carbamates (subject to hydrolysis) is 1. The van der Waals surface area contributed by atoms with Crippen LogP contribution in [-0.2, 0) is 9.53 Å². The predicted octanol–water partition coefficient (Wildman–Crippen LogP) is 1.62. The molecule has 2 N–H and O–H groups in total. The fourth-order valence-corrected chi connectivity index (χ4v) is 0.683. The van der Waals surface area contributed by atoms with Gasteiger partial charge >= 0.3 is 12.1 Å². The molecule has 0 heterocycles. The predicted molar refractivity (Wildman–Crippen MR) is 55.7 cm³/mol. The summed E-state index contributed by atoms with van der Waals surface area (Å²) in [4.78, 5) is 21.9. The second-order valence-corrected chi connectivity index (χ2v) is 5.04. The first-order valence-electron chi connectivity index (χ1n) is 4.75. The first-order chi connectivity index (χ1) is 6.54. The molecule has 88 valence electrons. The molecule has 0 radical (unpaired) electrons. The molecule has 0 unspecified atom stereocenters. The number of hydrogen-bond donors (Lipinski definition) is 2. The molecule has 0 rings (SSSR count). The third kappa shape index (κ3) is 5.93. The first-order valence-corrected chi connectivity index (χ1v) is 4.75. The lowest BCUT2D eigenvalue weighted by molar-refractivity contribution is -0.146. The van der Waals surface area contributed by atoms with Gasteiger partial charge in [0.05, 0.1) is 5.41 Å². The normalized spacial score (nSPS) is 12.1. The van der Waals surface area contributed by atoms with Crippen LogP contribution in [0.5, 0.6) is 0 Å². The highest BCUT2D eigenvalue weighted by Crippen LogP contribution is 2.13. The van der Waals surface area contributed by atoms with Crippen molar-refractivity contribution in [3.63, 3.8) is 0 Å². The molecule has 0 aliphatic rings. The van der Waals surface area contributed by atoms with E-state index in [1.165, 1.54) is 13.8 Å². The number of carboxylic acid groups (broad SMARTS) is 1. The Morgan fingerprint density at radius 1 is 1.20 bits per heavy atom. The minimum atomic E-state index is -0.989. The van der Waals surface area contributed by atoms with Crippen LogP contribution in [0.1, 0.15) is 34.6 Å². The van der Waals surface area contributed by atoms with E-state index in [1.807, 2.05) is 0 Å². The van der Waals surface area contributed by atoms with E-state index >= 15 is 0 Å². The topological polar surface area (TPSA) is 75.6 Å². The van der Waals surface area contributed by atoms with Crippen molar-refractivity contribution in [3.05, 3.63) is 0 Å². The Bertz CT molecular complexity index is 253. The summed E-state index contributed by atoms with van der Waals surface area (Å²) in [5, 5.41) is 11.2. The van der Waals surface area contributed by atoms with Gasteiger partial charge in [-0.25, -0.2) is 4.79 Å². The zero-order chi connectivity index (χ0) is 12.3. The summed E-state index contributed by atoms with van der Waals surface area (Å²) in [6, 6.07) is 0. The summed E-state index contributed by atoms with van der Waals surface area (Å²) in [7, 11) is 0. The quantitative estimate of drug-likeness (QED) is 0.753. The van der Waals surface area contributed by atoms with Crippen LogP contribution in [-0.4, -0.2) is 29.3 Å². The van der Waals surface area contributed by atoms with Crippen LogP contribution >= 0.6 is 0 Å². The summed E-state index contributed by atoms with van der Waals surface area (Å²) in [6.07, 6.45) is -0.600. The van der Waals surface area contributed by atoms with Gasteiger partial charge in [-0.1, -0.05) is 0 Å². The van der Waals surface area contributed by atoms with Crippen LogP contribution in [0.15, 0.2) is 0 Å². The molecular formula is C10H19NO4. The van der Waals surface area contributed by atoms with Crippen molar-refractivity contribution in [1.29, 1.82) is 0 Å². The second-order valence-electron chi connectivity index (χ2n) is 5.04. The van der Waals surface area contributed by atoms with E-state index in [4.69, 9.17) is 9.84 Å². The van der Waals surface area contributed by atoms with Gasteiger partial charge in [0.1, 0.15) is 5.60 Å². The lowest BCUT2D eigenvalue weighted by Gasteiger charge is -2.23. The summed E-state index contributed by atoms with van der Waals surface area (Å²) >= 11 is 0. The van der Waals surface area contributed by atoms with Crippen molar-refractivity contribution < 1.29 is 19.4 Å². The fraction of sp³-hybridized carbons (Fsp3) is 0.800. The lowest BCUT2D eigenvalue weighted by Crippen LogP contribution is -2.41. The number of carboxylic acids is 1. The van der Waals surface area contributed by atoms with Crippen molar-refractivity contribution >= 4 is 12.1 Å². The summed E-state index contributed by atoms with van der Waals surface area (Å²) in [6.45, 7) is 8.34. The second kappa shape index (κ2) is 4.51. The SMILES string of the molecule is CC(C)(C)OC(=O)NCC(C)(C)C(=O)O. The molecule has 0 atom stereocenters. The Morgan fingerprint density at radius 2 is 1.67 bits per heavy atom. The number of rotatable bonds is 3. The Labute approximate surface area is 89.8 Å². The molecule has 0 saturated carbocycles. The number of carbonyl (C=O) groups is 2. The lowest BCUT2D eigenvalue weighted by atomic mass is 9.94. The molecule has 1 amide bonds. The average molecular weight is 217 g/mol. The van der Waals surface area contributed by atoms with Gasteiger partial charge in [-0.3, -0.25) is 4.79 Å². The van der Waals surface area contributed by atoms with Crippen molar-refractivity contribution in [2.24, 2.45) is 5.41 Å². The third-order valence-electron chi connectivity index (χ3n) is 1.65. The zero-order valence-electron chi connectivity index (χ0n) is 9.88. The minimum Gasteiger partial charge on any atom is -0.481 e. The monoisotopic (exact) mass is 217 g/mol.